The van der Waals surface area contributed by atoms with E-state index >= 15 is 0 Å². The molecule has 0 aromatic rings. The molecule has 0 saturated heterocycles. The van der Waals surface area contributed by atoms with Gasteiger partial charge in [0.1, 0.15) is 0 Å². The van der Waals surface area contributed by atoms with E-state index < -0.39 is 6.10 Å². The zero-order valence-corrected chi connectivity index (χ0v) is 15.0. The molecule has 1 N–H and O–H groups in total. The highest BCUT2D eigenvalue weighted by atomic mass is 16.7. The van der Waals surface area contributed by atoms with Crippen molar-refractivity contribution in [2.75, 3.05) is 13.1 Å². The molecule has 0 aliphatic heterocycles. The van der Waals surface area contributed by atoms with Crippen molar-refractivity contribution in [2.45, 2.75) is 97.5 Å². The summed E-state index contributed by atoms with van der Waals surface area (Å²) in [4.78, 5) is 17.3. The summed E-state index contributed by atoms with van der Waals surface area (Å²) in [6, 6.07) is 0. The Morgan fingerprint density at radius 2 is 1.45 bits per heavy atom. The Labute approximate surface area is 137 Å². The average Bonchev–Trinajstić information content (AvgIpc) is 2.49. The molecule has 0 aromatic carbocycles. The molecule has 0 aliphatic carbocycles. The highest BCUT2D eigenvalue weighted by Gasteiger charge is 2.15. The van der Waals surface area contributed by atoms with Crippen LogP contribution in [-0.2, 0) is 9.63 Å². The number of nitrogens with zero attached hydrogens (tertiary/aromatic N) is 1. The molecule has 0 radical (unpaired) electrons. The molecule has 4 heteroatoms. The van der Waals surface area contributed by atoms with Crippen LogP contribution in [0.15, 0.2) is 0 Å². The van der Waals surface area contributed by atoms with Crippen molar-refractivity contribution < 1.29 is 14.7 Å². The van der Waals surface area contributed by atoms with E-state index in [0.29, 0.717) is 6.42 Å². The minimum Gasteiger partial charge on any atom is -0.393 e. The van der Waals surface area contributed by atoms with E-state index in [1.54, 1.807) is 5.06 Å². The summed E-state index contributed by atoms with van der Waals surface area (Å²) in [5.74, 6) is -0.298. The number of rotatable bonds is 15. The van der Waals surface area contributed by atoms with Crippen LogP contribution in [0.3, 0.4) is 0 Å². The third-order valence-electron chi connectivity index (χ3n) is 3.80. The third kappa shape index (κ3) is 13.1. The smallest absolute Gasteiger partial charge is 0.327 e. The van der Waals surface area contributed by atoms with Crippen molar-refractivity contribution in [3.63, 3.8) is 0 Å². The standard InChI is InChI=1S/C18H37NO3/c1-4-7-10-11-12-13-17(20)16-18(21)22-19(14-8-5-2)15-9-6-3/h17,20H,4-16H2,1-3H3. The SMILES string of the molecule is CCCCCCCC(O)CC(=O)ON(CCCC)CCCC. The number of carbonyl (C=O) groups excluding carboxylic acids is 1. The van der Waals surface area contributed by atoms with Gasteiger partial charge in [-0.05, 0) is 19.3 Å². The van der Waals surface area contributed by atoms with E-state index in [0.717, 1.165) is 51.6 Å². The van der Waals surface area contributed by atoms with Gasteiger partial charge in [0.25, 0.3) is 0 Å². The Morgan fingerprint density at radius 1 is 0.909 bits per heavy atom. The maximum absolute atomic E-state index is 11.9. The quantitative estimate of drug-likeness (QED) is 0.358. The number of aliphatic hydroxyl groups is 1. The Bertz CT molecular complexity index is 251. The van der Waals surface area contributed by atoms with Gasteiger partial charge in [-0.3, -0.25) is 4.79 Å². The topological polar surface area (TPSA) is 49.8 Å². The largest absolute Gasteiger partial charge is 0.393 e. The molecule has 0 saturated carbocycles. The van der Waals surface area contributed by atoms with Gasteiger partial charge in [0.2, 0.25) is 0 Å². The van der Waals surface area contributed by atoms with Crippen LogP contribution in [0.1, 0.15) is 91.4 Å². The van der Waals surface area contributed by atoms with E-state index in [-0.39, 0.29) is 12.4 Å². The first-order chi connectivity index (χ1) is 10.6. The molecular formula is C18H37NO3. The fourth-order valence-corrected chi connectivity index (χ4v) is 2.33. The van der Waals surface area contributed by atoms with Gasteiger partial charge in [0.05, 0.1) is 12.5 Å². The molecule has 1 atom stereocenters. The summed E-state index contributed by atoms with van der Waals surface area (Å²) in [6.07, 6.45) is 10.3. The van der Waals surface area contributed by atoms with Crippen LogP contribution >= 0.6 is 0 Å². The summed E-state index contributed by atoms with van der Waals surface area (Å²) in [7, 11) is 0. The van der Waals surface area contributed by atoms with Gasteiger partial charge in [-0.2, -0.15) is 0 Å². The first-order valence-electron chi connectivity index (χ1n) is 9.27. The fraction of sp³-hybridized carbons (Fsp3) is 0.944. The van der Waals surface area contributed by atoms with Crippen LogP contribution in [0, 0.1) is 0 Å². The molecule has 0 amide bonds. The van der Waals surface area contributed by atoms with Gasteiger partial charge in [0.15, 0.2) is 0 Å². The van der Waals surface area contributed by atoms with E-state index in [4.69, 9.17) is 4.84 Å². The molecule has 1 unspecified atom stereocenters. The highest BCUT2D eigenvalue weighted by molar-refractivity contribution is 5.69. The number of hydrogen-bond donors (Lipinski definition) is 1. The molecule has 0 rings (SSSR count). The van der Waals surface area contributed by atoms with Crippen molar-refractivity contribution in [3.8, 4) is 0 Å². The predicted molar refractivity (Wildman–Crippen MR) is 91.5 cm³/mol. The molecule has 4 nitrogen and oxygen atoms in total. The molecule has 0 aromatic heterocycles. The molecule has 0 fully saturated rings. The third-order valence-corrected chi connectivity index (χ3v) is 3.80. The summed E-state index contributed by atoms with van der Waals surface area (Å²) in [6.45, 7) is 8.02. The molecule has 132 valence electrons. The van der Waals surface area contributed by atoms with Crippen molar-refractivity contribution in [1.29, 1.82) is 0 Å². The van der Waals surface area contributed by atoms with Gasteiger partial charge < -0.3 is 9.94 Å². The van der Waals surface area contributed by atoms with Crippen LogP contribution in [0.4, 0.5) is 0 Å². The first-order valence-corrected chi connectivity index (χ1v) is 9.27. The second-order valence-corrected chi connectivity index (χ2v) is 6.16. The lowest BCUT2D eigenvalue weighted by Gasteiger charge is -2.21. The van der Waals surface area contributed by atoms with Crippen molar-refractivity contribution in [3.05, 3.63) is 0 Å². The van der Waals surface area contributed by atoms with Gasteiger partial charge >= 0.3 is 5.97 Å². The minimum absolute atomic E-state index is 0.114. The fourth-order valence-electron chi connectivity index (χ4n) is 2.33. The van der Waals surface area contributed by atoms with Crippen molar-refractivity contribution in [2.24, 2.45) is 0 Å². The van der Waals surface area contributed by atoms with E-state index in [1.807, 2.05) is 0 Å². The van der Waals surface area contributed by atoms with Gasteiger partial charge in [-0.15, -0.1) is 5.06 Å². The number of carbonyl (C=O) groups is 1. The van der Waals surface area contributed by atoms with Gasteiger partial charge in [-0.25, -0.2) is 0 Å². The van der Waals surface area contributed by atoms with Crippen LogP contribution in [0.5, 0.6) is 0 Å². The van der Waals surface area contributed by atoms with E-state index in [1.165, 1.54) is 19.3 Å². The highest BCUT2D eigenvalue weighted by Crippen LogP contribution is 2.10. The molecular weight excluding hydrogens is 278 g/mol. The van der Waals surface area contributed by atoms with E-state index in [2.05, 4.69) is 20.8 Å². The summed E-state index contributed by atoms with van der Waals surface area (Å²) in [5.41, 5.74) is 0. The summed E-state index contributed by atoms with van der Waals surface area (Å²) >= 11 is 0. The summed E-state index contributed by atoms with van der Waals surface area (Å²) < 4.78 is 0. The maximum atomic E-state index is 11.9. The van der Waals surface area contributed by atoms with Gasteiger partial charge in [-0.1, -0.05) is 65.7 Å². The Morgan fingerprint density at radius 3 is 2.00 bits per heavy atom. The molecule has 0 heterocycles. The van der Waals surface area contributed by atoms with Crippen LogP contribution in [-0.4, -0.2) is 35.3 Å². The van der Waals surface area contributed by atoms with Crippen LogP contribution in [0.2, 0.25) is 0 Å². The number of hydrogen-bond acceptors (Lipinski definition) is 4. The summed E-state index contributed by atoms with van der Waals surface area (Å²) in [5, 5.41) is 11.7. The van der Waals surface area contributed by atoms with Gasteiger partial charge in [0, 0.05) is 13.1 Å². The predicted octanol–water partition coefficient (Wildman–Crippen LogP) is 4.46. The Balaban J connectivity index is 3.89. The lowest BCUT2D eigenvalue weighted by molar-refractivity contribution is -0.193. The first kappa shape index (κ1) is 21.4. The maximum Gasteiger partial charge on any atom is 0.327 e. The monoisotopic (exact) mass is 315 g/mol. The second-order valence-electron chi connectivity index (χ2n) is 6.16. The van der Waals surface area contributed by atoms with Crippen molar-refractivity contribution >= 4 is 5.97 Å². The average molecular weight is 315 g/mol. The normalized spacial score (nSPS) is 12.6. The lowest BCUT2D eigenvalue weighted by atomic mass is 10.1. The van der Waals surface area contributed by atoms with E-state index in [9.17, 15) is 9.90 Å². The van der Waals surface area contributed by atoms with Crippen LogP contribution in [0.25, 0.3) is 0 Å². The molecule has 22 heavy (non-hydrogen) atoms. The molecule has 0 aliphatic rings. The minimum atomic E-state index is -0.562. The zero-order valence-electron chi connectivity index (χ0n) is 15.0. The van der Waals surface area contributed by atoms with Crippen LogP contribution < -0.4 is 0 Å². The lowest BCUT2D eigenvalue weighted by Crippen LogP contribution is -2.31. The Hall–Kier alpha value is -0.610. The number of aliphatic hydroxyl groups excluding tert-OH is 1. The van der Waals surface area contributed by atoms with Crippen molar-refractivity contribution in [1.82, 2.24) is 5.06 Å². The molecule has 0 spiro atoms. The molecule has 0 bridgehead atoms. The number of unbranched alkanes of at least 4 members (excludes halogenated alkanes) is 6. The zero-order chi connectivity index (χ0) is 16.6. The number of hydroxylamine groups is 2. The Kier molecular flexibility index (Phi) is 14.9. The second kappa shape index (κ2) is 15.3.